The second kappa shape index (κ2) is 7.83. The third kappa shape index (κ3) is 3.80. The van der Waals surface area contributed by atoms with Crippen molar-refractivity contribution in [1.29, 1.82) is 0 Å². The molecule has 5 nitrogen and oxygen atoms in total. The summed E-state index contributed by atoms with van der Waals surface area (Å²) in [6.07, 6.45) is 0. The molecule has 0 spiro atoms. The van der Waals surface area contributed by atoms with Gasteiger partial charge < -0.3 is 14.5 Å². The van der Waals surface area contributed by atoms with Gasteiger partial charge in [0.25, 0.3) is 0 Å². The van der Waals surface area contributed by atoms with E-state index in [0.717, 1.165) is 36.0 Å². The van der Waals surface area contributed by atoms with Crippen molar-refractivity contribution in [2.45, 2.75) is 19.5 Å². The van der Waals surface area contributed by atoms with Crippen LogP contribution in [0.4, 0.5) is 0 Å². The molecule has 2 heterocycles. The Morgan fingerprint density at radius 1 is 1.38 bits per heavy atom. The molecule has 0 saturated carbocycles. The second-order valence-electron chi connectivity index (χ2n) is 5.70. The minimum atomic E-state index is -0.424. The number of hydrogen-bond acceptors (Lipinski definition) is 5. The monoisotopic (exact) mass is 348 g/mol. The highest BCUT2D eigenvalue weighted by atomic mass is 35.5. The van der Waals surface area contributed by atoms with Crippen molar-refractivity contribution in [1.82, 2.24) is 10.2 Å². The van der Waals surface area contributed by atoms with Crippen LogP contribution in [0.5, 0.6) is 0 Å². The van der Waals surface area contributed by atoms with Crippen LogP contribution in [-0.4, -0.2) is 37.1 Å². The summed E-state index contributed by atoms with van der Waals surface area (Å²) in [5.74, 6) is 0.569. The van der Waals surface area contributed by atoms with Gasteiger partial charge in [0.05, 0.1) is 13.2 Å². The van der Waals surface area contributed by atoms with Crippen LogP contribution in [0.3, 0.4) is 0 Å². The van der Waals surface area contributed by atoms with E-state index in [1.807, 2.05) is 24.3 Å². The molecule has 0 amide bonds. The van der Waals surface area contributed by atoms with Gasteiger partial charge in [0, 0.05) is 30.7 Å². The number of esters is 1. The smallest absolute Gasteiger partial charge is 0.374 e. The van der Waals surface area contributed by atoms with Crippen molar-refractivity contribution in [3.63, 3.8) is 0 Å². The number of hydrogen-bond donors (Lipinski definition) is 1. The molecule has 1 saturated heterocycles. The highest BCUT2D eigenvalue weighted by Crippen LogP contribution is 2.29. The van der Waals surface area contributed by atoms with Crippen molar-refractivity contribution < 1.29 is 13.9 Å². The maximum atomic E-state index is 11.7. The Kier molecular flexibility index (Phi) is 5.56. The number of nitrogens with one attached hydrogen (secondary N) is 1. The van der Waals surface area contributed by atoms with E-state index < -0.39 is 5.97 Å². The summed E-state index contributed by atoms with van der Waals surface area (Å²) in [5, 5.41) is 4.18. The molecule has 1 aliphatic heterocycles. The molecule has 0 aliphatic carbocycles. The predicted octanol–water partition coefficient (Wildman–Crippen LogP) is 3.26. The lowest BCUT2D eigenvalue weighted by Gasteiger charge is -2.36. The van der Waals surface area contributed by atoms with Gasteiger partial charge in [-0.2, -0.15) is 0 Å². The Hall–Kier alpha value is -1.82. The van der Waals surface area contributed by atoms with E-state index in [9.17, 15) is 4.79 Å². The lowest BCUT2D eigenvalue weighted by molar-refractivity contribution is 0.0484. The van der Waals surface area contributed by atoms with Crippen LogP contribution in [0.15, 0.2) is 40.8 Å². The van der Waals surface area contributed by atoms with Gasteiger partial charge in [0.1, 0.15) is 5.76 Å². The number of carbonyl (C=O) groups excluding carboxylic acids is 1. The Morgan fingerprint density at radius 2 is 2.21 bits per heavy atom. The summed E-state index contributed by atoms with van der Waals surface area (Å²) in [7, 11) is 0. The number of halogens is 1. The summed E-state index contributed by atoms with van der Waals surface area (Å²) in [6, 6.07) is 11.6. The molecule has 0 bridgehead atoms. The summed E-state index contributed by atoms with van der Waals surface area (Å²) >= 11 is 6.37. The quantitative estimate of drug-likeness (QED) is 0.840. The second-order valence-corrected chi connectivity index (χ2v) is 6.11. The molecular formula is C18H21ClN2O3. The third-order valence-electron chi connectivity index (χ3n) is 4.12. The van der Waals surface area contributed by atoms with Gasteiger partial charge in [-0.05, 0) is 30.7 Å². The van der Waals surface area contributed by atoms with Gasteiger partial charge in [-0.1, -0.05) is 29.8 Å². The molecule has 24 heavy (non-hydrogen) atoms. The van der Waals surface area contributed by atoms with Gasteiger partial charge in [0.15, 0.2) is 0 Å². The molecule has 2 aromatic rings. The highest BCUT2D eigenvalue weighted by Gasteiger charge is 2.26. The van der Waals surface area contributed by atoms with Crippen LogP contribution in [0.25, 0.3) is 0 Å². The van der Waals surface area contributed by atoms with Gasteiger partial charge in [-0.25, -0.2) is 4.79 Å². The predicted molar refractivity (Wildman–Crippen MR) is 92.1 cm³/mol. The lowest BCUT2D eigenvalue weighted by Crippen LogP contribution is -2.45. The van der Waals surface area contributed by atoms with Crippen molar-refractivity contribution in [3.8, 4) is 0 Å². The first-order valence-corrected chi connectivity index (χ1v) is 8.52. The zero-order valence-electron chi connectivity index (χ0n) is 13.6. The van der Waals surface area contributed by atoms with Crippen LogP contribution in [0.1, 0.15) is 34.8 Å². The molecule has 1 aromatic heterocycles. The van der Waals surface area contributed by atoms with Crippen molar-refractivity contribution in [2.75, 3.05) is 26.2 Å². The van der Waals surface area contributed by atoms with E-state index in [-0.39, 0.29) is 11.8 Å². The standard InChI is InChI=1S/C18H21ClN2O3/c1-2-23-18(22)17-8-7-13(24-17)12-21-10-9-20-11-16(21)14-5-3-4-6-15(14)19/h3-8,16,20H,2,9-12H2,1H3. The zero-order chi connectivity index (χ0) is 16.9. The van der Waals surface area contributed by atoms with E-state index in [1.54, 1.807) is 13.0 Å². The van der Waals surface area contributed by atoms with E-state index >= 15 is 0 Å². The zero-order valence-corrected chi connectivity index (χ0v) is 14.4. The topological polar surface area (TPSA) is 54.7 Å². The number of ether oxygens (including phenoxy) is 1. The average Bonchev–Trinajstić information content (AvgIpc) is 3.05. The minimum absolute atomic E-state index is 0.170. The van der Waals surface area contributed by atoms with E-state index in [4.69, 9.17) is 20.8 Å². The normalized spacial score (nSPS) is 18.5. The summed E-state index contributed by atoms with van der Waals surface area (Å²) in [5.41, 5.74) is 1.10. The fourth-order valence-electron chi connectivity index (χ4n) is 2.96. The molecule has 3 rings (SSSR count). The Morgan fingerprint density at radius 3 is 3.00 bits per heavy atom. The molecule has 1 aliphatic rings. The van der Waals surface area contributed by atoms with E-state index in [2.05, 4.69) is 16.3 Å². The van der Waals surface area contributed by atoms with Gasteiger partial charge in [-0.3, -0.25) is 4.90 Å². The summed E-state index contributed by atoms with van der Waals surface area (Å²) in [6.45, 7) is 5.35. The van der Waals surface area contributed by atoms with Gasteiger partial charge >= 0.3 is 5.97 Å². The maximum Gasteiger partial charge on any atom is 0.374 e. The molecule has 128 valence electrons. The van der Waals surface area contributed by atoms with Crippen molar-refractivity contribution >= 4 is 17.6 Å². The largest absolute Gasteiger partial charge is 0.460 e. The highest BCUT2D eigenvalue weighted by molar-refractivity contribution is 6.31. The fraction of sp³-hybridized carbons (Fsp3) is 0.389. The molecule has 1 aromatic carbocycles. The Balaban J connectivity index is 1.75. The molecule has 1 unspecified atom stereocenters. The number of carbonyl (C=O) groups is 1. The molecule has 1 atom stereocenters. The SMILES string of the molecule is CCOC(=O)c1ccc(CN2CCNCC2c2ccccc2Cl)o1. The van der Waals surface area contributed by atoms with E-state index in [0.29, 0.717) is 13.2 Å². The Bertz CT molecular complexity index is 701. The summed E-state index contributed by atoms with van der Waals surface area (Å²) in [4.78, 5) is 14.0. The van der Waals surface area contributed by atoms with E-state index in [1.165, 1.54) is 0 Å². The van der Waals surface area contributed by atoms with Crippen LogP contribution >= 0.6 is 11.6 Å². The number of benzene rings is 1. The Labute approximate surface area is 146 Å². The number of rotatable bonds is 5. The molecule has 0 radical (unpaired) electrons. The van der Waals surface area contributed by atoms with Gasteiger partial charge in [-0.15, -0.1) is 0 Å². The van der Waals surface area contributed by atoms with Crippen LogP contribution < -0.4 is 5.32 Å². The van der Waals surface area contributed by atoms with Crippen LogP contribution in [0.2, 0.25) is 5.02 Å². The van der Waals surface area contributed by atoms with Crippen LogP contribution in [-0.2, 0) is 11.3 Å². The molecule has 1 N–H and O–H groups in total. The van der Waals surface area contributed by atoms with Crippen LogP contribution in [0, 0.1) is 0 Å². The number of piperazine rings is 1. The summed E-state index contributed by atoms with van der Waals surface area (Å²) < 4.78 is 10.6. The molecule has 1 fully saturated rings. The minimum Gasteiger partial charge on any atom is -0.460 e. The first kappa shape index (κ1) is 17.0. The average molecular weight is 349 g/mol. The molecular weight excluding hydrogens is 328 g/mol. The van der Waals surface area contributed by atoms with Crippen molar-refractivity contribution in [3.05, 3.63) is 58.5 Å². The fourth-order valence-corrected chi connectivity index (χ4v) is 3.22. The first-order valence-electron chi connectivity index (χ1n) is 8.14. The number of furan rings is 1. The third-order valence-corrected chi connectivity index (χ3v) is 4.46. The lowest BCUT2D eigenvalue weighted by atomic mass is 10.0. The van der Waals surface area contributed by atoms with Crippen molar-refractivity contribution in [2.24, 2.45) is 0 Å². The van der Waals surface area contributed by atoms with Gasteiger partial charge in [0.2, 0.25) is 5.76 Å². The first-order chi connectivity index (χ1) is 11.7. The maximum absolute atomic E-state index is 11.7. The number of nitrogens with zero attached hydrogens (tertiary/aromatic N) is 1. The molecule has 6 heteroatoms.